The highest BCUT2D eigenvalue weighted by Crippen LogP contribution is 2.35. The molecular weight excluding hydrogens is 296 g/mol. The zero-order valence-electron chi connectivity index (χ0n) is 12.8. The fraction of sp³-hybridized carbons (Fsp3) is 0.353. The monoisotopic (exact) mass is 314 g/mol. The standard InChI is InChI=1S/C17H18N2O4/c1-11-5-7-19(14(9-11)15-3-2-8-23-15)16(20)12-4-6-18-13(10-12)17(21)22/h2-4,6,8,10-11,14H,5,7,9H2,1H3,(H,21,22). The maximum atomic E-state index is 12.9. The predicted octanol–water partition coefficient (Wildman–Crippen LogP) is 2.99. The van der Waals surface area contributed by atoms with Crippen molar-refractivity contribution in [3.63, 3.8) is 0 Å². The Morgan fingerprint density at radius 3 is 2.91 bits per heavy atom. The van der Waals surface area contributed by atoms with Gasteiger partial charge < -0.3 is 14.4 Å². The van der Waals surface area contributed by atoms with E-state index in [0.717, 1.165) is 18.6 Å². The van der Waals surface area contributed by atoms with Crippen LogP contribution < -0.4 is 0 Å². The van der Waals surface area contributed by atoms with Gasteiger partial charge >= 0.3 is 5.97 Å². The Kier molecular flexibility index (Phi) is 4.14. The molecular formula is C17H18N2O4. The van der Waals surface area contributed by atoms with E-state index in [1.165, 1.54) is 12.3 Å². The van der Waals surface area contributed by atoms with Crippen molar-refractivity contribution in [3.05, 3.63) is 53.7 Å². The molecule has 1 aliphatic rings. The highest BCUT2D eigenvalue weighted by molar-refractivity contribution is 5.96. The molecule has 0 bridgehead atoms. The van der Waals surface area contributed by atoms with Crippen LogP contribution in [0.2, 0.25) is 0 Å². The van der Waals surface area contributed by atoms with Crippen LogP contribution in [0.1, 0.15) is 52.4 Å². The lowest BCUT2D eigenvalue weighted by molar-refractivity contribution is 0.0521. The Bertz CT molecular complexity index is 711. The number of furan rings is 1. The van der Waals surface area contributed by atoms with Crippen molar-refractivity contribution in [2.75, 3.05) is 6.54 Å². The Hall–Kier alpha value is -2.63. The molecule has 6 heteroatoms. The van der Waals surface area contributed by atoms with Gasteiger partial charge in [0, 0.05) is 18.3 Å². The Balaban J connectivity index is 1.90. The summed E-state index contributed by atoms with van der Waals surface area (Å²) in [6.45, 7) is 2.78. The minimum absolute atomic E-state index is 0.123. The van der Waals surface area contributed by atoms with Crippen molar-refractivity contribution in [1.82, 2.24) is 9.88 Å². The SMILES string of the molecule is CC1CCN(C(=O)c2ccnc(C(=O)O)c2)C(c2ccco2)C1. The Labute approximate surface area is 133 Å². The number of amides is 1. The lowest BCUT2D eigenvalue weighted by atomic mass is 9.90. The Morgan fingerprint density at radius 2 is 2.22 bits per heavy atom. The van der Waals surface area contributed by atoms with Gasteiger partial charge in [-0.1, -0.05) is 6.92 Å². The summed E-state index contributed by atoms with van der Waals surface area (Å²) in [7, 11) is 0. The van der Waals surface area contributed by atoms with Crippen molar-refractivity contribution in [1.29, 1.82) is 0 Å². The molecule has 0 radical (unpaired) electrons. The molecule has 3 rings (SSSR count). The van der Waals surface area contributed by atoms with E-state index in [0.29, 0.717) is 18.0 Å². The molecule has 2 aromatic rings. The maximum absolute atomic E-state index is 12.9. The molecule has 1 saturated heterocycles. The maximum Gasteiger partial charge on any atom is 0.354 e. The Morgan fingerprint density at radius 1 is 1.39 bits per heavy atom. The fourth-order valence-corrected chi connectivity index (χ4v) is 2.98. The number of likely N-dealkylation sites (tertiary alicyclic amines) is 1. The second kappa shape index (κ2) is 6.24. The summed E-state index contributed by atoms with van der Waals surface area (Å²) in [6, 6.07) is 6.43. The summed E-state index contributed by atoms with van der Waals surface area (Å²) in [5.74, 6) is -0.0729. The molecule has 2 atom stereocenters. The van der Waals surface area contributed by atoms with E-state index >= 15 is 0 Å². The third-order valence-electron chi connectivity index (χ3n) is 4.22. The summed E-state index contributed by atoms with van der Waals surface area (Å²) < 4.78 is 5.50. The second-order valence-corrected chi connectivity index (χ2v) is 5.89. The number of hydrogen-bond acceptors (Lipinski definition) is 4. The summed E-state index contributed by atoms with van der Waals surface area (Å²) in [6.07, 6.45) is 4.70. The van der Waals surface area contributed by atoms with Gasteiger partial charge in [0.1, 0.15) is 11.5 Å². The molecule has 23 heavy (non-hydrogen) atoms. The van der Waals surface area contributed by atoms with Gasteiger partial charge in [0.15, 0.2) is 0 Å². The quantitative estimate of drug-likeness (QED) is 0.941. The van der Waals surface area contributed by atoms with E-state index in [4.69, 9.17) is 9.52 Å². The third-order valence-corrected chi connectivity index (χ3v) is 4.22. The van der Waals surface area contributed by atoms with E-state index in [1.54, 1.807) is 17.2 Å². The van der Waals surface area contributed by atoms with Gasteiger partial charge in [-0.15, -0.1) is 0 Å². The summed E-state index contributed by atoms with van der Waals surface area (Å²) in [5.41, 5.74) is 0.208. The van der Waals surface area contributed by atoms with Crippen LogP contribution >= 0.6 is 0 Å². The third kappa shape index (κ3) is 3.11. The lowest BCUT2D eigenvalue weighted by Crippen LogP contribution is -2.40. The number of aromatic nitrogens is 1. The van der Waals surface area contributed by atoms with Crippen LogP contribution in [0.4, 0.5) is 0 Å². The van der Waals surface area contributed by atoms with E-state index in [1.807, 2.05) is 12.1 Å². The molecule has 1 fully saturated rings. The zero-order chi connectivity index (χ0) is 16.4. The van der Waals surface area contributed by atoms with Crippen molar-refractivity contribution >= 4 is 11.9 Å². The van der Waals surface area contributed by atoms with Gasteiger partial charge in [0.05, 0.1) is 12.3 Å². The van der Waals surface area contributed by atoms with Gasteiger partial charge in [0.25, 0.3) is 5.91 Å². The fourth-order valence-electron chi connectivity index (χ4n) is 2.98. The summed E-state index contributed by atoms with van der Waals surface area (Å²) in [5, 5.41) is 9.04. The first-order valence-corrected chi connectivity index (χ1v) is 7.60. The molecule has 1 amide bonds. The predicted molar refractivity (Wildman–Crippen MR) is 82.1 cm³/mol. The minimum atomic E-state index is -1.14. The molecule has 3 heterocycles. The highest BCUT2D eigenvalue weighted by atomic mass is 16.4. The number of piperidine rings is 1. The van der Waals surface area contributed by atoms with Crippen LogP contribution in [0.5, 0.6) is 0 Å². The van der Waals surface area contributed by atoms with Crippen molar-refractivity contribution < 1.29 is 19.1 Å². The number of nitrogens with zero attached hydrogens (tertiary/aromatic N) is 2. The first kappa shape index (κ1) is 15.3. The van der Waals surface area contributed by atoms with Crippen molar-refractivity contribution in [2.24, 2.45) is 5.92 Å². The molecule has 2 aromatic heterocycles. The van der Waals surface area contributed by atoms with Crippen molar-refractivity contribution in [2.45, 2.75) is 25.8 Å². The first-order valence-electron chi connectivity index (χ1n) is 7.60. The molecule has 120 valence electrons. The molecule has 0 saturated carbocycles. The van der Waals surface area contributed by atoms with Gasteiger partial charge in [-0.25, -0.2) is 9.78 Å². The minimum Gasteiger partial charge on any atom is -0.477 e. The molecule has 1 aliphatic heterocycles. The zero-order valence-corrected chi connectivity index (χ0v) is 12.8. The summed E-state index contributed by atoms with van der Waals surface area (Å²) in [4.78, 5) is 29.4. The van der Waals surface area contributed by atoms with Gasteiger partial charge in [0.2, 0.25) is 0 Å². The molecule has 0 aromatic carbocycles. The first-order chi connectivity index (χ1) is 11.1. The number of rotatable bonds is 3. The number of aromatic carboxylic acids is 1. The number of carboxylic acids is 1. The van der Waals surface area contributed by atoms with E-state index in [9.17, 15) is 9.59 Å². The molecule has 0 aliphatic carbocycles. The van der Waals surface area contributed by atoms with Crippen LogP contribution in [-0.4, -0.2) is 33.4 Å². The van der Waals surface area contributed by atoms with E-state index in [-0.39, 0.29) is 17.6 Å². The number of carbonyl (C=O) groups is 2. The smallest absolute Gasteiger partial charge is 0.354 e. The number of hydrogen-bond donors (Lipinski definition) is 1. The van der Waals surface area contributed by atoms with Gasteiger partial charge in [-0.3, -0.25) is 4.79 Å². The normalized spacial score (nSPS) is 21.2. The molecule has 0 spiro atoms. The van der Waals surface area contributed by atoms with E-state index in [2.05, 4.69) is 11.9 Å². The molecule has 2 unspecified atom stereocenters. The average molecular weight is 314 g/mol. The van der Waals surface area contributed by atoms with Crippen LogP contribution in [-0.2, 0) is 0 Å². The van der Waals surface area contributed by atoms with Gasteiger partial charge in [-0.05, 0) is 43.0 Å². The molecule has 6 nitrogen and oxygen atoms in total. The van der Waals surface area contributed by atoms with Crippen molar-refractivity contribution in [3.8, 4) is 0 Å². The average Bonchev–Trinajstić information content (AvgIpc) is 3.08. The highest BCUT2D eigenvalue weighted by Gasteiger charge is 2.33. The number of pyridine rings is 1. The van der Waals surface area contributed by atoms with Gasteiger partial charge in [-0.2, -0.15) is 0 Å². The molecule has 1 N–H and O–H groups in total. The van der Waals surface area contributed by atoms with E-state index < -0.39 is 5.97 Å². The van der Waals surface area contributed by atoms with Crippen LogP contribution in [0.3, 0.4) is 0 Å². The second-order valence-electron chi connectivity index (χ2n) is 5.89. The number of carbonyl (C=O) groups excluding carboxylic acids is 1. The van der Waals surface area contributed by atoms with Crippen LogP contribution in [0, 0.1) is 5.92 Å². The topological polar surface area (TPSA) is 83.6 Å². The van der Waals surface area contributed by atoms with Crippen LogP contribution in [0.15, 0.2) is 41.1 Å². The largest absolute Gasteiger partial charge is 0.477 e. The van der Waals surface area contributed by atoms with Crippen LogP contribution in [0.25, 0.3) is 0 Å². The summed E-state index contributed by atoms with van der Waals surface area (Å²) >= 11 is 0. The number of carboxylic acid groups (broad SMARTS) is 1. The lowest BCUT2D eigenvalue weighted by Gasteiger charge is -2.37.